The third kappa shape index (κ3) is 4.22. The van der Waals surface area contributed by atoms with Gasteiger partial charge in [0.15, 0.2) is 5.16 Å². The number of imidazole rings is 1. The second kappa shape index (κ2) is 8.52. The third-order valence-electron chi connectivity index (χ3n) is 5.03. The lowest BCUT2D eigenvalue weighted by Crippen LogP contribution is -2.48. The Kier molecular flexibility index (Phi) is 5.67. The number of benzene rings is 2. The fourth-order valence-corrected chi connectivity index (χ4v) is 4.26. The van der Waals surface area contributed by atoms with Crippen molar-refractivity contribution in [3.63, 3.8) is 0 Å². The number of piperazine rings is 1. The van der Waals surface area contributed by atoms with Crippen LogP contribution in [0, 0.1) is 0 Å². The van der Waals surface area contributed by atoms with Gasteiger partial charge in [-0.15, -0.1) is 0 Å². The van der Waals surface area contributed by atoms with Gasteiger partial charge < -0.3 is 14.4 Å². The minimum Gasteiger partial charge on any atom is -0.368 e. The molecule has 2 aromatic carbocycles. The van der Waals surface area contributed by atoms with Gasteiger partial charge in [-0.2, -0.15) is 0 Å². The van der Waals surface area contributed by atoms with Crippen molar-refractivity contribution in [1.29, 1.82) is 0 Å². The summed E-state index contributed by atoms with van der Waals surface area (Å²) in [5, 5.41) is 0.997. The van der Waals surface area contributed by atoms with Crippen molar-refractivity contribution in [2.45, 2.75) is 10.9 Å². The van der Waals surface area contributed by atoms with Gasteiger partial charge in [0.25, 0.3) is 5.91 Å². The van der Waals surface area contributed by atoms with Crippen LogP contribution in [0.15, 0.2) is 72.1 Å². The van der Waals surface area contributed by atoms with Gasteiger partial charge in [0.1, 0.15) is 0 Å². The lowest BCUT2D eigenvalue weighted by Gasteiger charge is -2.36. The summed E-state index contributed by atoms with van der Waals surface area (Å²) in [5.74, 6) is 0.964. The molecule has 1 saturated heterocycles. The molecular weight excluding hydrogens is 368 g/mol. The van der Waals surface area contributed by atoms with Crippen LogP contribution in [-0.4, -0.2) is 46.5 Å². The number of aromatic nitrogens is 2. The van der Waals surface area contributed by atoms with Crippen LogP contribution >= 0.6 is 11.8 Å². The van der Waals surface area contributed by atoms with Crippen molar-refractivity contribution in [3.8, 4) is 0 Å². The van der Waals surface area contributed by atoms with Crippen molar-refractivity contribution in [1.82, 2.24) is 14.5 Å². The number of anilines is 1. The highest BCUT2D eigenvalue weighted by molar-refractivity contribution is 7.98. The Labute approximate surface area is 170 Å². The Morgan fingerprint density at radius 1 is 1.00 bits per heavy atom. The molecule has 0 aliphatic carbocycles. The molecule has 1 aliphatic heterocycles. The molecule has 4 rings (SSSR count). The quantitative estimate of drug-likeness (QED) is 0.621. The van der Waals surface area contributed by atoms with Gasteiger partial charge in [0.2, 0.25) is 0 Å². The van der Waals surface area contributed by atoms with E-state index in [1.807, 2.05) is 59.2 Å². The van der Waals surface area contributed by atoms with E-state index in [9.17, 15) is 4.79 Å². The summed E-state index contributed by atoms with van der Waals surface area (Å²) < 4.78 is 2.01. The lowest BCUT2D eigenvalue weighted by molar-refractivity contribution is 0.0747. The fraction of sp³-hybridized carbons (Fsp3) is 0.273. The maximum Gasteiger partial charge on any atom is 0.253 e. The van der Waals surface area contributed by atoms with Crippen LogP contribution in [0.1, 0.15) is 15.9 Å². The molecule has 1 aliphatic rings. The van der Waals surface area contributed by atoms with E-state index < -0.39 is 0 Å². The number of thioether (sulfide) groups is 1. The zero-order valence-corrected chi connectivity index (χ0v) is 16.8. The van der Waals surface area contributed by atoms with Crippen LogP contribution in [0.5, 0.6) is 0 Å². The van der Waals surface area contributed by atoms with Gasteiger partial charge in [-0.3, -0.25) is 4.79 Å². The van der Waals surface area contributed by atoms with Crippen molar-refractivity contribution in [2.75, 3.05) is 31.1 Å². The smallest absolute Gasteiger partial charge is 0.253 e. The highest BCUT2D eigenvalue weighted by atomic mass is 32.2. The zero-order valence-electron chi connectivity index (χ0n) is 16.0. The van der Waals surface area contributed by atoms with Crippen molar-refractivity contribution >= 4 is 23.4 Å². The Morgan fingerprint density at radius 2 is 1.71 bits per heavy atom. The second-order valence-corrected chi connectivity index (χ2v) is 7.86. The molecule has 0 radical (unpaired) electrons. The first-order chi connectivity index (χ1) is 13.7. The summed E-state index contributed by atoms with van der Waals surface area (Å²) in [4.78, 5) is 21.4. The molecule has 0 bridgehead atoms. The van der Waals surface area contributed by atoms with E-state index in [1.165, 1.54) is 11.3 Å². The van der Waals surface area contributed by atoms with Crippen LogP contribution in [0.2, 0.25) is 0 Å². The summed E-state index contributed by atoms with van der Waals surface area (Å²) in [6, 6.07) is 18.4. The van der Waals surface area contributed by atoms with Crippen molar-refractivity contribution < 1.29 is 4.79 Å². The van der Waals surface area contributed by atoms with Gasteiger partial charge >= 0.3 is 0 Å². The minimum absolute atomic E-state index is 0.121. The number of rotatable bonds is 5. The molecule has 2 heterocycles. The number of para-hydroxylation sites is 1. The molecule has 1 aromatic heterocycles. The molecule has 5 nitrogen and oxygen atoms in total. The zero-order chi connectivity index (χ0) is 19.3. The second-order valence-electron chi connectivity index (χ2n) is 6.92. The van der Waals surface area contributed by atoms with Crippen molar-refractivity contribution in [2.24, 2.45) is 7.05 Å². The first-order valence-electron chi connectivity index (χ1n) is 9.49. The van der Waals surface area contributed by atoms with Crippen molar-refractivity contribution in [3.05, 3.63) is 78.1 Å². The number of carbonyl (C=O) groups excluding carboxylic acids is 1. The molecule has 3 aromatic rings. The van der Waals surface area contributed by atoms with Gasteiger partial charge in [0.05, 0.1) is 0 Å². The van der Waals surface area contributed by atoms with Gasteiger partial charge in [0, 0.05) is 62.6 Å². The number of amides is 1. The summed E-state index contributed by atoms with van der Waals surface area (Å²) in [5.41, 5.74) is 3.18. The average Bonchev–Trinajstić information content (AvgIpc) is 3.17. The van der Waals surface area contributed by atoms with E-state index in [2.05, 4.69) is 34.1 Å². The highest BCUT2D eigenvalue weighted by Gasteiger charge is 2.22. The van der Waals surface area contributed by atoms with Crippen LogP contribution in [-0.2, 0) is 12.8 Å². The number of nitrogens with zero attached hydrogens (tertiary/aromatic N) is 4. The van der Waals surface area contributed by atoms with Gasteiger partial charge in [-0.1, -0.05) is 42.1 Å². The molecule has 0 N–H and O–H groups in total. The Bertz CT molecular complexity index is 915. The first-order valence-corrected chi connectivity index (χ1v) is 10.5. The Morgan fingerprint density at radius 3 is 2.36 bits per heavy atom. The minimum atomic E-state index is 0.121. The molecule has 28 heavy (non-hydrogen) atoms. The van der Waals surface area contributed by atoms with Crippen LogP contribution in [0.4, 0.5) is 5.69 Å². The normalized spacial score (nSPS) is 14.3. The van der Waals surface area contributed by atoms with Gasteiger partial charge in [-0.25, -0.2) is 4.98 Å². The van der Waals surface area contributed by atoms with E-state index in [0.29, 0.717) is 0 Å². The predicted molar refractivity (Wildman–Crippen MR) is 114 cm³/mol. The molecule has 0 saturated carbocycles. The van der Waals surface area contributed by atoms with E-state index in [1.54, 1.807) is 11.8 Å². The number of hydrogen-bond donors (Lipinski definition) is 0. The monoisotopic (exact) mass is 392 g/mol. The molecule has 144 valence electrons. The van der Waals surface area contributed by atoms with Gasteiger partial charge in [-0.05, 0) is 29.8 Å². The largest absolute Gasteiger partial charge is 0.368 e. The predicted octanol–water partition coefficient (Wildman–Crippen LogP) is 3.67. The van der Waals surface area contributed by atoms with Crippen LogP contribution in [0.25, 0.3) is 0 Å². The molecule has 0 spiro atoms. The van der Waals surface area contributed by atoms with Crippen LogP contribution < -0.4 is 4.90 Å². The highest BCUT2D eigenvalue weighted by Crippen LogP contribution is 2.21. The average molecular weight is 393 g/mol. The Hall–Kier alpha value is -2.73. The maximum absolute atomic E-state index is 12.8. The van der Waals surface area contributed by atoms with E-state index in [-0.39, 0.29) is 5.91 Å². The number of hydrogen-bond acceptors (Lipinski definition) is 4. The SMILES string of the molecule is Cn1ccnc1SCc1ccc(C(=O)N2CCN(c3ccccc3)CC2)cc1. The molecule has 6 heteroatoms. The topological polar surface area (TPSA) is 41.4 Å². The molecule has 1 fully saturated rings. The maximum atomic E-state index is 12.8. The standard InChI is InChI=1S/C22H24N4OS/c1-24-12-11-23-22(24)28-17-18-7-9-19(10-8-18)21(27)26-15-13-25(14-16-26)20-5-3-2-4-6-20/h2-12H,13-17H2,1H3. The summed E-state index contributed by atoms with van der Waals surface area (Å²) in [6.07, 6.45) is 3.75. The summed E-state index contributed by atoms with van der Waals surface area (Å²) in [6.45, 7) is 3.25. The summed E-state index contributed by atoms with van der Waals surface area (Å²) in [7, 11) is 1.99. The summed E-state index contributed by atoms with van der Waals surface area (Å²) >= 11 is 1.70. The van der Waals surface area contributed by atoms with E-state index in [4.69, 9.17) is 0 Å². The fourth-order valence-electron chi connectivity index (χ4n) is 3.37. The molecule has 0 atom stereocenters. The first kappa shape index (κ1) is 18.6. The molecule has 0 unspecified atom stereocenters. The lowest BCUT2D eigenvalue weighted by atomic mass is 10.1. The van der Waals surface area contributed by atoms with E-state index >= 15 is 0 Å². The third-order valence-corrected chi connectivity index (χ3v) is 6.16. The number of carbonyl (C=O) groups is 1. The molecule has 1 amide bonds. The Balaban J connectivity index is 1.32. The van der Waals surface area contributed by atoms with E-state index in [0.717, 1.165) is 42.7 Å². The molecular formula is C22H24N4OS. The van der Waals surface area contributed by atoms with Crippen LogP contribution in [0.3, 0.4) is 0 Å². The number of aryl methyl sites for hydroxylation is 1.